The molecule has 3 fully saturated rings. The summed E-state index contributed by atoms with van der Waals surface area (Å²) in [6.07, 6.45) is 3.16. The summed E-state index contributed by atoms with van der Waals surface area (Å²) in [6.45, 7) is 4.90. The van der Waals surface area contributed by atoms with Gasteiger partial charge in [-0.25, -0.2) is 13.8 Å². The van der Waals surface area contributed by atoms with Gasteiger partial charge in [0.1, 0.15) is 11.6 Å². The first-order chi connectivity index (χ1) is 11.7. The smallest absolute Gasteiger partial charge is 0.194 e. The molecule has 0 spiro atoms. The Balaban J connectivity index is 0.00000182. The van der Waals surface area contributed by atoms with Crippen molar-refractivity contribution in [1.82, 2.24) is 10.2 Å². The Bertz CT molecular complexity index is 639. The van der Waals surface area contributed by atoms with Crippen LogP contribution in [0.5, 0.6) is 0 Å². The van der Waals surface area contributed by atoms with Crippen molar-refractivity contribution in [2.45, 2.75) is 38.5 Å². The zero-order valence-electron chi connectivity index (χ0n) is 14.3. The number of nitrogens with zero attached hydrogens (tertiary/aromatic N) is 2. The van der Waals surface area contributed by atoms with Gasteiger partial charge in [0.2, 0.25) is 0 Å². The van der Waals surface area contributed by atoms with Crippen LogP contribution < -0.4 is 5.32 Å². The monoisotopic (exact) mass is 463 g/mol. The van der Waals surface area contributed by atoms with E-state index < -0.39 is 11.6 Å². The first-order valence-corrected chi connectivity index (χ1v) is 8.78. The molecule has 0 amide bonds. The predicted molar refractivity (Wildman–Crippen MR) is 103 cm³/mol. The fraction of sp³-hybridized carbons (Fsp3) is 0.611. The molecule has 1 N–H and O–H groups in total. The van der Waals surface area contributed by atoms with Crippen molar-refractivity contribution in [2.75, 3.05) is 19.6 Å². The third-order valence-corrected chi connectivity index (χ3v) is 5.50. The minimum atomic E-state index is -0.560. The van der Waals surface area contributed by atoms with Gasteiger partial charge in [0.15, 0.2) is 5.96 Å². The van der Waals surface area contributed by atoms with Gasteiger partial charge in [-0.15, -0.1) is 24.0 Å². The van der Waals surface area contributed by atoms with Crippen LogP contribution in [0.15, 0.2) is 23.2 Å². The lowest BCUT2D eigenvalue weighted by Crippen LogP contribution is -2.41. The molecule has 3 aliphatic heterocycles. The topological polar surface area (TPSA) is 36.9 Å². The van der Waals surface area contributed by atoms with E-state index in [1.807, 2.05) is 6.92 Å². The number of likely N-dealkylation sites (tertiary alicyclic amines) is 1. The zero-order chi connectivity index (χ0) is 16.7. The largest absolute Gasteiger partial charge is 0.374 e. The van der Waals surface area contributed by atoms with Crippen LogP contribution in [0, 0.1) is 23.5 Å². The van der Waals surface area contributed by atoms with E-state index >= 15 is 0 Å². The molecule has 3 saturated heterocycles. The number of benzene rings is 1. The molecule has 0 aliphatic carbocycles. The average Bonchev–Trinajstić information content (AvgIpc) is 3.25. The molecule has 4 nitrogen and oxygen atoms in total. The molecule has 0 aromatic heterocycles. The maximum atomic E-state index is 13.8. The molecule has 4 atom stereocenters. The molecule has 2 bridgehead atoms. The fourth-order valence-electron chi connectivity index (χ4n) is 4.37. The SMILES string of the molecule is CCNC(=NCc1ccc(F)cc1F)N1CC2C3CCC(O3)C2C1.I. The van der Waals surface area contributed by atoms with Gasteiger partial charge < -0.3 is 15.0 Å². The highest BCUT2D eigenvalue weighted by atomic mass is 127. The molecular formula is C18H24F2IN3O. The van der Waals surface area contributed by atoms with Crippen LogP contribution in [0.2, 0.25) is 0 Å². The summed E-state index contributed by atoms with van der Waals surface area (Å²) >= 11 is 0. The van der Waals surface area contributed by atoms with Crippen molar-refractivity contribution in [3.63, 3.8) is 0 Å². The highest BCUT2D eigenvalue weighted by Crippen LogP contribution is 2.47. The van der Waals surface area contributed by atoms with Gasteiger partial charge in [0.05, 0.1) is 18.8 Å². The lowest BCUT2D eigenvalue weighted by Gasteiger charge is -2.23. The zero-order valence-corrected chi connectivity index (χ0v) is 16.6. The van der Waals surface area contributed by atoms with E-state index in [1.54, 1.807) is 0 Å². The predicted octanol–water partition coefficient (Wildman–Crippen LogP) is 3.16. The number of halogens is 3. The molecule has 3 aliphatic rings. The summed E-state index contributed by atoms with van der Waals surface area (Å²) in [4.78, 5) is 6.85. The van der Waals surface area contributed by atoms with Crippen molar-refractivity contribution in [1.29, 1.82) is 0 Å². The number of nitrogens with one attached hydrogen (secondary N) is 1. The highest BCUT2D eigenvalue weighted by molar-refractivity contribution is 14.0. The molecule has 0 saturated carbocycles. The summed E-state index contributed by atoms with van der Waals surface area (Å²) in [6, 6.07) is 3.65. The second kappa shape index (κ2) is 7.73. The number of fused-ring (bicyclic) bond motifs is 5. The van der Waals surface area contributed by atoms with E-state index in [9.17, 15) is 8.78 Å². The molecule has 4 unspecified atom stereocenters. The second-order valence-corrected chi connectivity index (χ2v) is 6.93. The minimum absolute atomic E-state index is 0. The Morgan fingerprint density at radius 1 is 1.24 bits per heavy atom. The van der Waals surface area contributed by atoms with E-state index in [0.717, 1.165) is 31.7 Å². The molecule has 25 heavy (non-hydrogen) atoms. The number of guanidine groups is 1. The second-order valence-electron chi connectivity index (χ2n) is 6.93. The molecule has 0 radical (unpaired) electrons. The summed E-state index contributed by atoms with van der Waals surface area (Å²) < 4.78 is 32.8. The van der Waals surface area contributed by atoms with Crippen LogP contribution >= 0.6 is 24.0 Å². The Hall–Kier alpha value is -0.960. The maximum Gasteiger partial charge on any atom is 0.194 e. The van der Waals surface area contributed by atoms with Crippen molar-refractivity contribution >= 4 is 29.9 Å². The van der Waals surface area contributed by atoms with E-state index in [4.69, 9.17) is 4.74 Å². The third kappa shape index (κ3) is 3.63. The van der Waals surface area contributed by atoms with E-state index in [1.165, 1.54) is 25.0 Å². The standard InChI is InChI=1S/C18H23F2N3O.HI/c1-2-21-18(22-8-11-3-4-12(19)7-15(11)20)23-9-13-14(10-23)17-6-5-16(13)24-17;/h3-4,7,13-14,16-17H,2,5-6,8-10H2,1H3,(H,21,22);1H. The third-order valence-electron chi connectivity index (χ3n) is 5.50. The van der Waals surface area contributed by atoms with Gasteiger partial charge in [-0.05, 0) is 25.8 Å². The van der Waals surface area contributed by atoms with Gasteiger partial charge >= 0.3 is 0 Å². The summed E-state index contributed by atoms with van der Waals surface area (Å²) in [5.74, 6) is 0.898. The summed E-state index contributed by atoms with van der Waals surface area (Å²) in [5.41, 5.74) is 0.412. The van der Waals surface area contributed by atoms with Crippen LogP contribution in [0.3, 0.4) is 0 Å². The number of rotatable bonds is 3. The van der Waals surface area contributed by atoms with Crippen LogP contribution in [0.4, 0.5) is 8.78 Å². The lowest BCUT2D eigenvalue weighted by atomic mass is 9.82. The Morgan fingerprint density at radius 2 is 1.92 bits per heavy atom. The molecule has 4 rings (SSSR count). The van der Waals surface area contributed by atoms with Crippen LogP contribution in [0.25, 0.3) is 0 Å². The van der Waals surface area contributed by atoms with Gasteiger partial charge in [-0.3, -0.25) is 0 Å². The van der Waals surface area contributed by atoms with Crippen molar-refractivity contribution in [3.8, 4) is 0 Å². The van der Waals surface area contributed by atoms with E-state index in [2.05, 4.69) is 15.2 Å². The van der Waals surface area contributed by atoms with Crippen LogP contribution in [-0.4, -0.2) is 42.7 Å². The van der Waals surface area contributed by atoms with Crippen LogP contribution in [0.1, 0.15) is 25.3 Å². The molecule has 138 valence electrons. The first-order valence-electron chi connectivity index (χ1n) is 8.78. The normalized spacial score (nSPS) is 30.4. The van der Waals surface area contributed by atoms with Gasteiger partial charge in [0, 0.05) is 43.1 Å². The van der Waals surface area contributed by atoms with Crippen molar-refractivity contribution in [3.05, 3.63) is 35.4 Å². The molecule has 7 heteroatoms. The number of ether oxygens (including phenoxy) is 1. The lowest BCUT2D eigenvalue weighted by molar-refractivity contribution is 0.0767. The van der Waals surface area contributed by atoms with Gasteiger partial charge in [-0.1, -0.05) is 6.07 Å². The Kier molecular flexibility index (Phi) is 5.82. The van der Waals surface area contributed by atoms with Gasteiger partial charge in [-0.2, -0.15) is 0 Å². The minimum Gasteiger partial charge on any atom is -0.374 e. The van der Waals surface area contributed by atoms with Crippen molar-refractivity contribution in [2.24, 2.45) is 16.8 Å². The van der Waals surface area contributed by atoms with Crippen LogP contribution in [-0.2, 0) is 11.3 Å². The average molecular weight is 463 g/mol. The summed E-state index contributed by atoms with van der Waals surface area (Å²) in [7, 11) is 0. The maximum absolute atomic E-state index is 13.8. The molecule has 3 heterocycles. The van der Waals surface area contributed by atoms with Gasteiger partial charge in [0.25, 0.3) is 0 Å². The Labute approximate surface area is 164 Å². The highest BCUT2D eigenvalue weighted by Gasteiger charge is 2.53. The molecule has 1 aromatic carbocycles. The number of aliphatic imine (C=N–C) groups is 1. The first kappa shape index (κ1) is 18.8. The fourth-order valence-corrected chi connectivity index (χ4v) is 4.37. The summed E-state index contributed by atoms with van der Waals surface area (Å²) in [5, 5.41) is 3.30. The van der Waals surface area contributed by atoms with E-state index in [-0.39, 0.29) is 30.5 Å². The molecular weight excluding hydrogens is 439 g/mol. The number of hydrogen-bond acceptors (Lipinski definition) is 2. The van der Waals surface area contributed by atoms with E-state index in [0.29, 0.717) is 29.6 Å². The quantitative estimate of drug-likeness (QED) is 0.425. The number of hydrogen-bond donors (Lipinski definition) is 1. The Morgan fingerprint density at radius 3 is 2.52 bits per heavy atom. The molecule has 1 aromatic rings. The van der Waals surface area contributed by atoms with Crippen molar-refractivity contribution < 1.29 is 13.5 Å².